The number of thiazole rings is 1. The molecule has 0 spiro atoms. The SMILES string of the molecule is c1cn(-c2ccc(CNCCc3nccs3)cc2)cn1. The van der Waals surface area contributed by atoms with Gasteiger partial charge in [-0.2, -0.15) is 0 Å². The van der Waals surface area contributed by atoms with Crippen molar-refractivity contribution in [1.29, 1.82) is 0 Å². The molecule has 0 aliphatic heterocycles. The summed E-state index contributed by atoms with van der Waals surface area (Å²) in [6.07, 6.45) is 8.39. The molecule has 0 atom stereocenters. The Labute approximate surface area is 122 Å². The lowest BCUT2D eigenvalue weighted by molar-refractivity contribution is 0.685. The van der Waals surface area contributed by atoms with Crippen molar-refractivity contribution >= 4 is 11.3 Å². The molecule has 0 radical (unpaired) electrons. The van der Waals surface area contributed by atoms with Crippen molar-refractivity contribution in [1.82, 2.24) is 19.9 Å². The van der Waals surface area contributed by atoms with E-state index in [9.17, 15) is 0 Å². The number of aromatic nitrogens is 3. The zero-order chi connectivity index (χ0) is 13.6. The molecule has 1 aromatic carbocycles. The Morgan fingerprint density at radius 2 is 2.05 bits per heavy atom. The summed E-state index contributed by atoms with van der Waals surface area (Å²) in [7, 11) is 0. The number of nitrogens with zero attached hydrogens (tertiary/aromatic N) is 3. The van der Waals surface area contributed by atoms with Gasteiger partial charge in [-0.05, 0) is 17.7 Å². The molecule has 4 nitrogen and oxygen atoms in total. The minimum Gasteiger partial charge on any atom is -0.312 e. The second-order valence-corrected chi connectivity index (χ2v) is 5.47. The van der Waals surface area contributed by atoms with E-state index in [1.807, 2.05) is 22.3 Å². The number of imidazole rings is 1. The average molecular weight is 284 g/mol. The van der Waals surface area contributed by atoms with Crippen LogP contribution >= 0.6 is 11.3 Å². The maximum Gasteiger partial charge on any atom is 0.0991 e. The molecule has 102 valence electrons. The van der Waals surface area contributed by atoms with Gasteiger partial charge in [0.05, 0.1) is 11.3 Å². The van der Waals surface area contributed by atoms with Gasteiger partial charge in [0.15, 0.2) is 0 Å². The van der Waals surface area contributed by atoms with Crippen LogP contribution in [-0.2, 0) is 13.0 Å². The van der Waals surface area contributed by atoms with Crippen molar-refractivity contribution in [2.45, 2.75) is 13.0 Å². The topological polar surface area (TPSA) is 42.7 Å². The molecular weight excluding hydrogens is 268 g/mol. The minimum absolute atomic E-state index is 0.885. The fourth-order valence-corrected chi connectivity index (χ4v) is 2.62. The molecule has 3 aromatic rings. The monoisotopic (exact) mass is 284 g/mol. The highest BCUT2D eigenvalue weighted by atomic mass is 32.1. The van der Waals surface area contributed by atoms with E-state index >= 15 is 0 Å². The zero-order valence-corrected chi connectivity index (χ0v) is 11.9. The normalized spacial score (nSPS) is 10.8. The molecule has 3 rings (SSSR count). The highest BCUT2D eigenvalue weighted by molar-refractivity contribution is 7.09. The molecule has 2 heterocycles. The Hall–Kier alpha value is -1.98. The maximum absolute atomic E-state index is 4.27. The van der Waals surface area contributed by atoms with Gasteiger partial charge in [-0.25, -0.2) is 9.97 Å². The molecule has 0 aliphatic carbocycles. The molecule has 0 amide bonds. The predicted molar refractivity (Wildman–Crippen MR) is 81.1 cm³/mol. The fraction of sp³-hybridized carbons (Fsp3) is 0.200. The van der Waals surface area contributed by atoms with Gasteiger partial charge < -0.3 is 9.88 Å². The summed E-state index contributed by atoms with van der Waals surface area (Å²) in [6.45, 7) is 1.84. The molecule has 20 heavy (non-hydrogen) atoms. The number of nitrogens with one attached hydrogen (secondary N) is 1. The maximum atomic E-state index is 4.27. The van der Waals surface area contributed by atoms with E-state index in [0.717, 1.165) is 25.2 Å². The highest BCUT2D eigenvalue weighted by Gasteiger charge is 1.98. The van der Waals surface area contributed by atoms with Crippen LogP contribution in [0.2, 0.25) is 0 Å². The van der Waals surface area contributed by atoms with Gasteiger partial charge in [0.1, 0.15) is 0 Å². The Morgan fingerprint density at radius 3 is 2.75 bits per heavy atom. The van der Waals surface area contributed by atoms with Crippen LogP contribution in [0, 0.1) is 0 Å². The number of hydrogen-bond donors (Lipinski definition) is 1. The van der Waals surface area contributed by atoms with Gasteiger partial charge >= 0.3 is 0 Å². The van der Waals surface area contributed by atoms with E-state index in [2.05, 4.69) is 39.6 Å². The van der Waals surface area contributed by atoms with Crippen LogP contribution < -0.4 is 5.32 Å². The summed E-state index contributed by atoms with van der Waals surface area (Å²) in [5.74, 6) is 0. The van der Waals surface area contributed by atoms with E-state index in [4.69, 9.17) is 0 Å². The molecule has 0 unspecified atom stereocenters. The van der Waals surface area contributed by atoms with Gasteiger partial charge in [-0.1, -0.05) is 12.1 Å². The van der Waals surface area contributed by atoms with Crippen molar-refractivity contribution in [2.24, 2.45) is 0 Å². The highest BCUT2D eigenvalue weighted by Crippen LogP contribution is 2.09. The van der Waals surface area contributed by atoms with Gasteiger partial charge in [0, 0.05) is 49.2 Å². The molecule has 0 saturated heterocycles. The average Bonchev–Trinajstić information content (AvgIpc) is 3.17. The van der Waals surface area contributed by atoms with Crippen molar-refractivity contribution < 1.29 is 0 Å². The fourth-order valence-electron chi connectivity index (χ4n) is 2.00. The zero-order valence-electron chi connectivity index (χ0n) is 11.1. The molecule has 0 aliphatic rings. The summed E-state index contributed by atoms with van der Waals surface area (Å²) in [5.41, 5.74) is 2.42. The summed E-state index contributed by atoms with van der Waals surface area (Å²) in [5, 5.41) is 6.65. The summed E-state index contributed by atoms with van der Waals surface area (Å²) in [4.78, 5) is 8.32. The molecule has 5 heteroatoms. The van der Waals surface area contributed by atoms with Crippen molar-refractivity contribution in [3.8, 4) is 5.69 Å². The molecular formula is C15H16N4S. The third-order valence-corrected chi connectivity index (χ3v) is 3.91. The predicted octanol–water partition coefficient (Wildman–Crippen LogP) is 2.66. The third-order valence-electron chi connectivity index (χ3n) is 3.07. The van der Waals surface area contributed by atoms with Crippen LogP contribution in [0.15, 0.2) is 54.6 Å². The van der Waals surface area contributed by atoms with E-state index in [1.54, 1.807) is 23.9 Å². The number of rotatable bonds is 6. The first-order chi connectivity index (χ1) is 9.92. The lowest BCUT2D eigenvalue weighted by Crippen LogP contribution is -2.16. The van der Waals surface area contributed by atoms with E-state index < -0.39 is 0 Å². The van der Waals surface area contributed by atoms with E-state index in [-0.39, 0.29) is 0 Å². The van der Waals surface area contributed by atoms with Crippen LogP contribution in [0.1, 0.15) is 10.6 Å². The van der Waals surface area contributed by atoms with E-state index in [1.165, 1.54) is 10.6 Å². The lowest BCUT2D eigenvalue weighted by Gasteiger charge is -2.06. The van der Waals surface area contributed by atoms with E-state index in [0.29, 0.717) is 0 Å². The second-order valence-electron chi connectivity index (χ2n) is 4.49. The smallest absolute Gasteiger partial charge is 0.0991 e. The largest absolute Gasteiger partial charge is 0.312 e. The van der Waals surface area contributed by atoms with Crippen LogP contribution in [0.4, 0.5) is 0 Å². The first kappa shape index (κ1) is 13.0. The second kappa shape index (κ2) is 6.45. The van der Waals surface area contributed by atoms with Crippen molar-refractivity contribution in [3.05, 3.63) is 65.1 Å². The van der Waals surface area contributed by atoms with Crippen molar-refractivity contribution in [2.75, 3.05) is 6.54 Å². The first-order valence-electron chi connectivity index (χ1n) is 6.58. The van der Waals surface area contributed by atoms with Crippen molar-refractivity contribution in [3.63, 3.8) is 0 Å². The van der Waals surface area contributed by atoms with Gasteiger partial charge in [-0.15, -0.1) is 11.3 Å². The van der Waals surface area contributed by atoms with Gasteiger partial charge in [-0.3, -0.25) is 0 Å². The Bertz CT molecular complexity index is 614. The summed E-state index contributed by atoms with van der Waals surface area (Å²) < 4.78 is 2.00. The van der Waals surface area contributed by atoms with Crippen LogP contribution in [-0.4, -0.2) is 21.1 Å². The van der Waals surface area contributed by atoms with Crippen LogP contribution in [0.25, 0.3) is 5.69 Å². The lowest BCUT2D eigenvalue weighted by atomic mass is 10.2. The van der Waals surface area contributed by atoms with Gasteiger partial charge in [0.25, 0.3) is 0 Å². The molecule has 1 N–H and O–H groups in total. The van der Waals surface area contributed by atoms with Crippen LogP contribution in [0.5, 0.6) is 0 Å². The molecule has 0 fully saturated rings. The Morgan fingerprint density at radius 1 is 1.15 bits per heavy atom. The number of benzene rings is 1. The first-order valence-corrected chi connectivity index (χ1v) is 7.46. The summed E-state index contributed by atoms with van der Waals surface area (Å²) in [6, 6.07) is 8.51. The Balaban J connectivity index is 1.48. The number of hydrogen-bond acceptors (Lipinski definition) is 4. The standard InChI is InChI=1S/C15H16N4S/c1-3-14(19-9-7-17-12-19)4-2-13(1)11-16-6-5-15-18-8-10-20-15/h1-4,7-10,12,16H,5-6,11H2. The molecule has 2 aromatic heterocycles. The third kappa shape index (κ3) is 3.31. The Kier molecular flexibility index (Phi) is 4.20. The quantitative estimate of drug-likeness (QED) is 0.708. The summed E-state index contributed by atoms with van der Waals surface area (Å²) >= 11 is 1.71. The minimum atomic E-state index is 0.885. The molecule has 0 saturated carbocycles. The van der Waals surface area contributed by atoms with Gasteiger partial charge in [0.2, 0.25) is 0 Å². The molecule has 0 bridgehead atoms. The van der Waals surface area contributed by atoms with Crippen LogP contribution in [0.3, 0.4) is 0 Å².